The Labute approximate surface area is 180 Å². The fraction of sp³-hybridized carbons (Fsp3) is 0.667. The highest BCUT2D eigenvalue weighted by Gasteiger charge is 2.42. The highest BCUT2D eigenvalue weighted by atomic mass is 16.5. The first-order valence-electron chi connectivity index (χ1n) is 11.4. The van der Waals surface area contributed by atoms with Gasteiger partial charge in [0.1, 0.15) is 12.6 Å². The van der Waals surface area contributed by atoms with Crippen molar-refractivity contribution in [1.29, 1.82) is 0 Å². The molecule has 0 spiro atoms. The molecule has 1 heterocycles. The van der Waals surface area contributed by atoms with Gasteiger partial charge < -0.3 is 19.3 Å². The molecule has 6 heteroatoms. The van der Waals surface area contributed by atoms with E-state index < -0.39 is 6.04 Å². The van der Waals surface area contributed by atoms with E-state index in [1.165, 1.54) is 12.8 Å². The Morgan fingerprint density at radius 3 is 2.37 bits per heavy atom. The van der Waals surface area contributed by atoms with E-state index in [0.29, 0.717) is 18.0 Å². The first-order valence-corrected chi connectivity index (χ1v) is 11.4. The number of rotatable bonds is 7. The minimum Gasteiger partial charge on any atom is -0.493 e. The Morgan fingerprint density at radius 2 is 1.77 bits per heavy atom. The smallest absolute Gasteiger partial charge is 0.250 e. The van der Waals surface area contributed by atoms with Crippen LogP contribution in [0, 0.1) is 0 Å². The van der Waals surface area contributed by atoms with E-state index >= 15 is 0 Å². The molecule has 30 heavy (non-hydrogen) atoms. The second-order valence-corrected chi connectivity index (χ2v) is 8.68. The molecule has 0 radical (unpaired) electrons. The average Bonchev–Trinajstić information content (AvgIpc) is 3.00. The summed E-state index contributed by atoms with van der Waals surface area (Å²) in [6.07, 6.45) is 7.49. The molecule has 3 rings (SSSR count). The Morgan fingerprint density at radius 1 is 1.07 bits per heavy atom. The van der Waals surface area contributed by atoms with E-state index in [1.54, 1.807) is 12.0 Å². The molecule has 0 bridgehead atoms. The predicted octanol–water partition coefficient (Wildman–Crippen LogP) is 4.33. The maximum atomic E-state index is 13.7. The summed E-state index contributed by atoms with van der Waals surface area (Å²) in [6.45, 7) is 6.73. The van der Waals surface area contributed by atoms with Crippen molar-refractivity contribution < 1.29 is 19.1 Å². The quantitative estimate of drug-likeness (QED) is 0.621. The number of benzene rings is 1. The highest BCUT2D eigenvalue weighted by Crippen LogP contribution is 2.36. The average molecular weight is 417 g/mol. The number of amides is 2. The second-order valence-electron chi connectivity index (χ2n) is 8.68. The van der Waals surface area contributed by atoms with Gasteiger partial charge in [-0.3, -0.25) is 9.59 Å². The summed E-state index contributed by atoms with van der Waals surface area (Å²) >= 11 is 0. The van der Waals surface area contributed by atoms with Gasteiger partial charge in [-0.2, -0.15) is 0 Å². The van der Waals surface area contributed by atoms with E-state index in [4.69, 9.17) is 9.47 Å². The van der Waals surface area contributed by atoms with Crippen molar-refractivity contribution in [2.45, 2.75) is 83.9 Å². The normalized spacial score (nSPS) is 21.2. The Kier molecular flexibility index (Phi) is 7.62. The largest absolute Gasteiger partial charge is 0.493 e. The lowest BCUT2D eigenvalue weighted by Gasteiger charge is -2.43. The van der Waals surface area contributed by atoms with Crippen LogP contribution in [-0.2, 0) is 9.59 Å². The number of piperazine rings is 1. The fourth-order valence-corrected chi connectivity index (χ4v) is 4.65. The molecule has 1 aliphatic carbocycles. The SMILES string of the molecule is CCCN1C(=O)CN(C2CCCCCC2)C(=O)[C@H]1c1ccc(OC(C)C)c(OC)c1. The van der Waals surface area contributed by atoms with Crippen LogP contribution in [0.2, 0.25) is 0 Å². The number of hydrogen-bond donors (Lipinski definition) is 0. The zero-order chi connectivity index (χ0) is 21.7. The summed E-state index contributed by atoms with van der Waals surface area (Å²) in [7, 11) is 1.60. The molecular formula is C24H36N2O4. The number of carbonyl (C=O) groups excluding carboxylic acids is 2. The zero-order valence-electron chi connectivity index (χ0n) is 18.9. The number of nitrogens with zero attached hydrogens (tertiary/aromatic N) is 2. The van der Waals surface area contributed by atoms with Crippen LogP contribution in [0.1, 0.15) is 77.3 Å². The number of carbonyl (C=O) groups is 2. The molecule has 1 aromatic carbocycles. The van der Waals surface area contributed by atoms with Crippen LogP contribution >= 0.6 is 0 Å². The summed E-state index contributed by atoms with van der Waals surface area (Å²) in [5.74, 6) is 1.31. The third-order valence-electron chi connectivity index (χ3n) is 6.05. The number of ether oxygens (including phenoxy) is 2. The van der Waals surface area contributed by atoms with Crippen LogP contribution in [0.3, 0.4) is 0 Å². The minimum atomic E-state index is -0.601. The molecule has 1 saturated carbocycles. The topological polar surface area (TPSA) is 59.1 Å². The van der Waals surface area contributed by atoms with Gasteiger partial charge in [0.25, 0.3) is 5.91 Å². The van der Waals surface area contributed by atoms with E-state index in [9.17, 15) is 9.59 Å². The molecule has 1 aliphatic heterocycles. The molecular weight excluding hydrogens is 380 g/mol. The zero-order valence-corrected chi connectivity index (χ0v) is 18.9. The fourth-order valence-electron chi connectivity index (χ4n) is 4.65. The van der Waals surface area contributed by atoms with Gasteiger partial charge in [-0.25, -0.2) is 0 Å². The van der Waals surface area contributed by atoms with Crippen LogP contribution in [-0.4, -0.2) is 54.0 Å². The van der Waals surface area contributed by atoms with Crippen molar-refractivity contribution in [1.82, 2.24) is 9.80 Å². The molecule has 0 N–H and O–H groups in total. The van der Waals surface area contributed by atoms with E-state index in [1.807, 2.05) is 43.9 Å². The monoisotopic (exact) mass is 416 g/mol. The van der Waals surface area contributed by atoms with E-state index in [-0.39, 0.29) is 30.5 Å². The van der Waals surface area contributed by atoms with Gasteiger partial charge in [-0.15, -0.1) is 0 Å². The summed E-state index contributed by atoms with van der Waals surface area (Å²) in [5, 5.41) is 0. The molecule has 6 nitrogen and oxygen atoms in total. The van der Waals surface area contributed by atoms with E-state index in [0.717, 1.165) is 37.7 Å². The second kappa shape index (κ2) is 10.2. The van der Waals surface area contributed by atoms with Crippen LogP contribution < -0.4 is 9.47 Å². The molecule has 166 valence electrons. The standard InChI is InChI=1S/C24H36N2O4/c1-5-14-25-22(27)16-26(19-10-8-6-7-9-11-19)24(28)23(25)18-12-13-20(30-17(2)3)21(15-18)29-4/h12-13,15,17,19,23H,5-11,14,16H2,1-4H3/t23-/m1/s1. The predicted molar refractivity (Wildman–Crippen MR) is 117 cm³/mol. The number of methoxy groups -OCH3 is 1. The van der Waals surface area contributed by atoms with E-state index in [2.05, 4.69) is 0 Å². The summed E-state index contributed by atoms with van der Waals surface area (Å²) in [5.41, 5.74) is 0.785. The molecule has 1 aromatic rings. The molecule has 1 saturated heterocycles. The third-order valence-corrected chi connectivity index (χ3v) is 6.05. The lowest BCUT2D eigenvalue weighted by Crippen LogP contribution is -2.58. The maximum absolute atomic E-state index is 13.7. The minimum absolute atomic E-state index is 0.0185. The van der Waals surface area contributed by atoms with Gasteiger partial charge in [0.15, 0.2) is 11.5 Å². The van der Waals surface area contributed by atoms with Crippen LogP contribution in [0.4, 0.5) is 0 Å². The third kappa shape index (κ3) is 4.90. The Bertz CT molecular complexity index is 741. The first kappa shape index (κ1) is 22.4. The van der Waals surface area contributed by atoms with Crippen molar-refractivity contribution >= 4 is 11.8 Å². The number of hydrogen-bond acceptors (Lipinski definition) is 4. The van der Waals surface area contributed by atoms with Gasteiger partial charge in [0.05, 0.1) is 13.2 Å². The lowest BCUT2D eigenvalue weighted by atomic mass is 9.97. The maximum Gasteiger partial charge on any atom is 0.250 e. The van der Waals surface area contributed by atoms with Crippen LogP contribution in [0.5, 0.6) is 11.5 Å². The first-order chi connectivity index (χ1) is 14.5. The van der Waals surface area contributed by atoms with Crippen LogP contribution in [0.15, 0.2) is 18.2 Å². The van der Waals surface area contributed by atoms with Crippen molar-refractivity contribution in [3.05, 3.63) is 23.8 Å². The van der Waals surface area contributed by atoms with Gasteiger partial charge >= 0.3 is 0 Å². The summed E-state index contributed by atoms with van der Waals surface area (Å²) in [4.78, 5) is 30.4. The van der Waals surface area contributed by atoms with Gasteiger partial charge in [0, 0.05) is 12.6 Å². The molecule has 0 unspecified atom stereocenters. The Balaban J connectivity index is 1.95. The molecule has 0 aromatic heterocycles. The van der Waals surface area contributed by atoms with Gasteiger partial charge in [-0.05, 0) is 50.8 Å². The van der Waals surface area contributed by atoms with Gasteiger partial charge in [-0.1, -0.05) is 38.7 Å². The Hall–Kier alpha value is -2.24. The van der Waals surface area contributed by atoms with Crippen LogP contribution in [0.25, 0.3) is 0 Å². The molecule has 2 amide bonds. The highest BCUT2D eigenvalue weighted by molar-refractivity contribution is 5.96. The summed E-state index contributed by atoms with van der Waals surface area (Å²) in [6, 6.07) is 5.17. The van der Waals surface area contributed by atoms with Crippen molar-refractivity contribution in [3.63, 3.8) is 0 Å². The van der Waals surface area contributed by atoms with Crippen molar-refractivity contribution in [2.75, 3.05) is 20.2 Å². The molecule has 1 atom stereocenters. The van der Waals surface area contributed by atoms with Gasteiger partial charge in [0.2, 0.25) is 5.91 Å². The lowest BCUT2D eigenvalue weighted by molar-refractivity contribution is -0.159. The summed E-state index contributed by atoms with van der Waals surface area (Å²) < 4.78 is 11.4. The molecule has 2 aliphatic rings. The molecule has 2 fully saturated rings. The van der Waals surface area contributed by atoms with Crippen molar-refractivity contribution in [3.8, 4) is 11.5 Å². The van der Waals surface area contributed by atoms with Crippen molar-refractivity contribution in [2.24, 2.45) is 0 Å².